The quantitative estimate of drug-likeness (QED) is 0.535. The normalized spacial score (nSPS) is 46.5. The van der Waals surface area contributed by atoms with E-state index >= 15 is 0 Å². The molecule has 2 saturated carbocycles. The van der Waals surface area contributed by atoms with E-state index < -0.39 is 11.6 Å². The van der Waals surface area contributed by atoms with Gasteiger partial charge in [-0.2, -0.15) is 0 Å². The average molecular weight is 236 g/mol. The van der Waals surface area contributed by atoms with E-state index in [-0.39, 0.29) is 17.8 Å². The van der Waals surface area contributed by atoms with Crippen molar-refractivity contribution in [3.8, 4) is 0 Å². The summed E-state index contributed by atoms with van der Waals surface area (Å²) in [6, 6.07) is 0. The van der Waals surface area contributed by atoms with E-state index in [4.69, 9.17) is 9.47 Å². The Hall–Kier alpha value is -1.32. The Balaban J connectivity index is 1.85. The Kier molecular flexibility index (Phi) is 2.12. The van der Waals surface area contributed by atoms with Crippen molar-refractivity contribution in [1.82, 2.24) is 0 Å². The van der Waals surface area contributed by atoms with Gasteiger partial charge >= 0.3 is 11.9 Å². The van der Waals surface area contributed by atoms with E-state index in [1.807, 2.05) is 6.92 Å². The van der Waals surface area contributed by atoms with Gasteiger partial charge in [-0.15, -0.1) is 0 Å². The highest BCUT2D eigenvalue weighted by Crippen LogP contribution is 2.60. The van der Waals surface area contributed by atoms with Crippen molar-refractivity contribution in [2.24, 2.45) is 23.7 Å². The molecule has 4 nitrogen and oxygen atoms in total. The number of carbonyl (C=O) groups excluding carboxylic acids is 2. The van der Waals surface area contributed by atoms with Crippen molar-refractivity contribution in [3.63, 3.8) is 0 Å². The molecule has 3 fully saturated rings. The van der Waals surface area contributed by atoms with Crippen LogP contribution >= 0.6 is 0 Å². The van der Waals surface area contributed by atoms with Gasteiger partial charge in [0.15, 0.2) is 0 Å². The number of hydrogen-bond acceptors (Lipinski definition) is 4. The lowest BCUT2D eigenvalue weighted by Crippen LogP contribution is -2.44. The van der Waals surface area contributed by atoms with E-state index in [1.165, 1.54) is 6.08 Å². The van der Waals surface area contributed by atoms with Gasteiger partial charge in [0.1, 0.15) is 5.60 Å². The second-order valence-electron chi connectivity index (χ2n) is 5.56. The van der Waals surface area contributed by atoms with E-state index in [0.29, 0.717) is 18.4 Å². The van der Waals surface area contributed by atoms with Crippen LogP contribution in [-0.4, -0.2) is 24.1 Å². The maximum Gasteiger partial charge on any atom is 0.330 e. The lowest BCUT2D eigenvalue weighted by Gasteiger charge is -2.37. The maximum absolute atomic E-state index is 11.7. The molecule has 1 saturated heterocycles. The Bertz CT molecular complexity index is 402. The molecule has 0 aromatic heterocycles. The first kappa shape index (κ1) is 10.8. The van der Waals surface area contributed by atoms with Crippen molar-refractivity contribution in [1.29, 1.82) is 0 Å². The number of fused-ring (bicyclic) bond motifs is 5. The van der Waals surface area contributed by atoms with Gasteiger partial charge in [0.2, 0.25) is 0 Å². The molecule has 5 atom stereocenters. The van der Waals surface area contributed by atoms with Gasteiger partial charge in [-0.3, -0.25) is 4.79 Å². The third-order valence-electron chi connectivity index (χ3n) is 4.70. The minimum Gasteiger partial charge on any atom is -0.465 e. The number of hydrogen-bond donors (Lipinski definition) is 0. The fourth-order valence-electron chi connectivity index (χ4n) is 4.02. The van der Waals surface area contributed by atoms with Crippen molar-refractivity contribution in [2.75, 3.05) is 6.61 Å². The van der Waals surface area contributed by atoms with Gasteiger partial charge in [0.05, 0.1) is 12.5 Å². The molecule has 4 heteroatoms. The van der Waals surface area contributed by atoms with Crippen LogP contribution in [0.5, 0.6) is 0 Å². The second kappa shape index (κ2) is 3.34. The van der Waals surface area contributed by atoms with Gasteiger partial charge in [0, 0.05) is 17.9 Å². The molecule has 0 N–H and O–H groups in total. The smallest absolute Gasteiger partial charge is 0.330 e. The fourth-order valence-corrected chi connectivity index (χ4v) is 4.02. The molecular weight excluding hydrogens is 220 g/mol. The standard InChI is InChI=1S/C13H16O4/c1-3-10(14)17-13(2)5-7-4-9(13)11-8(7)6-16-12(11)15/h3,7-9,11H,1,4-6H2,2H3. The number of carbonyl (C=O) groups is 2. The van der Waals surface area contributed by atoms with Crippen LogP contribution in [-0.2, 0) is 19.1 Å². The van der Waals surface area contributed by atoms with Crippen LogP contribution < -0.4 is 0 Å². The van der Waals surface area contributed by atoms with Crippen LogP contribution in [0.2, 0.25) is 0 Å². The summed E-state index contributed by atoms with van der Waals surface area (Å²) in [5, 5.41) is 0. The fraction of sp³-hybridized carbons (Fsp3) is 0.692. The van der Waals surface area contributed by atoms with Crippen molar-refractivity contribution < 1.29 is 19.1 Å². The minimum absolute atomic E-state index is 0.0589. The second-order valence-corrected chi connectivity index (χ2v) is 5.56. The van der Waals surface area contributed by atoms with Gasteiger partial charge in [0.25, 0.3) is 0 Å². The van der Waals surface area contributed by atoms with Gasteiger partial charge < -0.3 is 9.47 Å². The Labute approximate surface area is 100.0 Å². The van der Waals surface area contributed by atoms with Crippen molar-refractivity contribution in [2.45, 2.75) is 25.4 Å². The Morgan fingerprint density at radius 2 is 2.41 bits per heavy atom. The molecular formula is C13H16O4. The lowest BCUT2D eigenvalue weighted by molar-refractivity contribution is -0.163. The molecule has 3 rings (SSSR count). The van der Waals surface area contributed by atoms with Crippen LogP contribution in [0.25, 0.3) is 0 Å². The van der Waals surface area contributed by atoms with Crippen molar-refractivity contribution in [3.05, 3.63) is 12.7 Å². The van der Waals surface area contributed by atoms with Crippen LogP contribution in [0.15, 0.2) is 12.7 Å². The highest BCUT2D eigenvalue weighted by atomic mass is 16.6. The molecule has 17 heavy (non-hydrogen) atoms. The summed E-state index contributed by atoms with van der Waals surface area (Å²) < 4.78 is 10.6. The summed E-state index contributed by atoms with van der Waals surface area (Å²) in [6.45, 7) is 5.89. The maximum atomic E-state index is 11.7. The molecule has 2 aliphatic carbocycles. The summed E-state index contributed by atoms with van der Waals surface area (Å²) >= 11 is 0. The molecule has 2 bridgehead atoms. The highest BCUT2D eigenvalue weighted by Gasteiger charge is 2.64. The SMILES string of the molecule is C=CC(=O)OC1(C)CC2CC1C1C(=O)OCC21. The van der Waals surface area contributed by atoms with Crippen LogP contribution in [0.3, 0.4) is 0 Å². The third-order valence-corrected chi connectivity index (χ3v) is 4.70. The summed E-state index contributed by atoms with van der Waals surface area (Å²) in [4.78, 5) is 23.1. The molecule has 92 valence electrons. The number of rotatable bonds is 2. The Morgan fingerprint density at radius 3 is 3.12 bits per heavy atom. The van der Waals surface area contributed by atoms with Crippen molar-refractivity contribution >= 4 is 11.9 Å². The molecule has 0 amide bonds. The van der Waals surface area contributed by atoms with E-state index in [9.17, 15) is 9.59 Å². The van der Waals surface area contributed by atoms with Crippen LogP contribution in [0.1, 0.15) is 19.8 Å². The predicted molar refractivity (Wildman–Crippen MR) is 58.8 cm³/mol. The summed E-state index contributed by atoms with van der Waals surface area (Å²) in [6.07, 6.45) is 3.00. The highest BCUT2D eigenvalue weighted by molar-refractivity contribution is 5.82. The molecule has 0 radical (unpaired) electrons. The molecule has 1 heterocycles. The molecule has 3 aliphatic rings. The molecule has 0 aromatic carbocycles. The zero-order chi connectivity index (χ0) is 12.2. The third kappa shape index (κ3) is 1.36. The van der Waals surface area contributed by atoms with E-state index in [0.717, 1.165) is 12.8 Å². The lowest BCUT2D eigenvalue weighted by atomic mass is 9.73. The van der Waals surface area contributed by atoms with Crippen LogP contribution in [0, 0.1) is 23.7 Å². The first-order valence-corrected chi connectivity index (χ1v) is 6.07. The largest absolute Gasteiger partial charge is 0.465 e. The van der Waals surface area contributed by atoms with E-state index in [1.54, 1.807) is 0 Å². The molecule has 5 unspecified atom stereocenters. The minimum atomic E-state index is -0.513. The zero-order valence-corrected chi connectivity index (χ0v) is 9.85. The number of ether oxygens (including phenoxy) is 2. The predicted octanol–water partition coefficient (Wildman–Crippen LogP) is 1.30. The summed E-state index contributed by atoms with van der Waals surface area (Å²) in [7, 11) is 0. The van der Waals surface area contributed by atoms with Gasteiger partial charge in [-0.25, -0.2) is 4.79 Å². The topological polar surface area (TPSA) is 52.6 Å². The molecule has 0 aromatic rings. The molecule has 1 aliphatic heterocycles. The van der Waals surface area contributed by atoms with Gasteiger partial charge in [-0.05, 0) is 25.7 Å². The number of cyclic esters (lactones) is 1. The van der Waals surface area contributed by atoms with Crippen LogP contribution in [0.4, 0.5) is 0 Å². The van der Waals surface area contributed by atoms with E-state index in [2.05, 4.69) is 6.58 Å². The summed E-state index contributed by atoms with van der Waals surface area (Å²) in [5.41, 5.74) is -0.513. The molecule has 0 spiro atoms. The monoisotopic (exact) mass is 236 g/mol. The first-order valence-electron chi connectivity index (χ1n) is 6.07. The van der Waals surface area contributed by atoms with Gasteiger partial charge in [-0.1, -0.05) is 6.58 Å². The number of esters is 2. The summed E-state index contributed by atoms with van der Waals surface area (Å²) in [5.74, 6) is 0.362. The average Bonchev–Trinajstić information content (AvgIpc) is 2.90. The first-order chi connectivity index (χ1) is 8.05. The Morgan fingerprint density at radius 1 is 1.65 bits per heavy atom. The zero-order valence-electron chi connectivity index (χ0n) is 9.85.